The van der Waals surface area contributed by atoms with Crippen molar-refractivity contribution >= 4 is 50.8 Å². The van der Waals surface area contributed by atoms with E-state index in [-0.39, 0.29) is 85.8 Å². The summed E-state index contributed by atoms with van der Waals surface area (Å²) in [4.78, 5) is 79.9. The van der Waals surface area contributed by atoms with E-state index in [2.05, 4.69) is 19.5 Å². The largest absolute Gasteiger partial charge is 1.00 e. The van der Waals surface area contributed by atoms with Gasteiger partial charge in [-0.25, -0.2) is 19.2 Å². The van der Waals surface area contributed by atoms with Crippen LogP contribution in [-0.2, 0) is 47.7 Å². The van der Waals surface area contributed by atoms with Gasteiger partial charge in [-0.15, -0.1) is 0 Å². The van der Waals surface area contributed by atoms with Gasteiger partial charge >= 0.3 is 84.5 Å². The van der Waals surface area contributed by atoms with E-state index in [0.717, 1.165) is 57.3 Å². The number of aldehydes is 1. The summed E-state index contributed by atoms with van der Waals surface area (Å²) in [7, 11) is 4.05. The van der Waals surface area contributed by atoms with Crippen LogP contribution in [0.1, 0.15) is 121 Å². The Kier molecular flexibility index (Phi) is 45.9. The topological polar surface area (TPSA) is 316 Å². The summed E-state index contributed by atoms with van der Waals surface area (Å²) < 4.78 is 24.0. The fraction of sp³-hybridized carbons (Fsp3) is 0.810. The van der Waals surface area contributed by atoms with Crippen molar-refractivity contribution in [1.29, 1.82) is 5.26 Å². The van der Waals surface area contributed by atoms with Gasteiger partial charge in [-0.1, -0.05) is 0 Å². The molecule has 0 bridgehead atoms. The minimum Gasteiger partial charge on any atom is -0.870 e. The minimum absolute atomic E-state index is 0. The monoisotopic (exact) mass is 933 g/mol. The number of hydrogen-bond acceptors (Lipinski definition) is 16. The third-order valence-electron chi connectivity index (χ3n) is 8.75. The first-order chi connectivity index (χ1) is 27.8. The Bertz CT molecular complexity index is 1370. The van der Waals surface area contributed by atoms with Crippen molar-refractivity contribution in [3.05, 3.63) is 6.57 Å². The van der Waals surface area contributed by atoms with Crippen LogP contribution in [0.2, 0.25) is 0 Å². The molecule has 3 radical (unpaired) electrons. The Labute approximate surface area is 423 Å². The minimum atomic E-state index is -1.00. The number of carbonyl (C=O) groups is 7. The molecule has 0 aromatic rings. The molecule has 0 aliphatic heterocycles. The first-order valence-corrected chi connectivity index (χ1v) is 20.4. The second kappa shape index (κ2) is 39.1. The number of nitrogens with zero attached hydrogens (tertiary/aromatic N) is 3. The maximum absolute atomic E-state index is 12.1. The Morgan fingerprint density at radius 1 is 0.708 bits per heavy atom. The van der Waals surface area contributed by atoms with Crippen LogP contribution in [0.5, 0.6) is 0 Å². The number of methoxy groups -OCH3 is 3. The molecule has 4 aliphatic carbocycles. The van der Waals surface area contributed by atoms with Crippen LogP contribution >= 0.6 is 0 Å². The molecule has 4 rings (SSSR count). The van der Waals surface area contributed by atoms with Gasteiger partial charge in [0.2, 0.25) is 0 Å². The van der Waals surface area contributed by atoms with Crippen molar-refractivity contribution < 1.29 is 122 Å². The van der Waals surface area contributed by atoms with E-state index >= 15 is 0 Å². The van der Waals surface area contributed by atoms with E-state index in [4.69, 9.17) is 32.1 Å². The van der Waals surface area contributed by atoms with Crippen LogP contribution in [0.25, 0.3) is 0 Å². The molecule has 0 heterocycles. The van der Waals surface area contributed by atoms with Crippen LogP contribution in [0, 0.1) is 35.5 Å². The molecule has 2 amide bonds. The number of rotatable bonds is 14. The molecule has 23 heteroatoms. The molecule has 65 heavy (non-hydrogen) atoms. The van der Waals surface area contributed by atoms with Gasteiger partial charge in [0.15, 0.2) is 0 Å². The van der Waals surface area contributed by atoms with Crippen LogP contribution in [0.15, 0.2) is 0 Å². The van der Waals surface area contributed by atoms with Gasteiger partial charge in [0.1, 0.15) is 41.7 Å². The van der Waals surface area contributed by atoms with Crippen molar-refractivity contribution in [1.82, 2.24) is 15.1 Å². The van der Waals surface area contributed by atoms with Crippen molar-refractivity contribution in [3.63, 3.8) is 0 Å². The second-order valence-corrected chi connectivity index (χ2v) is 17.2. The summed E-state index contributed by atoms with van der Waals surface area (Å²) in [6, 6.07) is -2.10. The fourth-order valence-electron chi connectivity index (χ4n) is 4.35. The van der Waals surface area contributed by atoms with Crippen molar-refractivity contribution in [2.75, 3.05) is 41.0 Å². The predicted octanol–water partition coefficient (Wildman–Crippen LogP) is -2.33. The zero-order valence-corrected chi connectivity index (χ0v) is 43.8. The molecule has 4 fully saturated rings. The quantitative estimate of drug-likeness (QED) is 0.0541. The number of esters is 3. The van der Waals surface area contributed by atoms with Gasteiger partial charge < -0.3 is 67.4 Å². The van der Waals surface area contributed by atoms with Gasteiger partial charge in [0.05, 0.1) is 21.3 Å². The molecule has 365 valence electrons. The Morgan fingerprint density at radius 3 is 1.26 bits per heavy atom. The number of carboxylic acids is 1. The predicted molar refractivity (Wildman–Crippen MR) is 233 cm³/mol. The van der Waals surface area contributed by atoms with Crippen LogP contribution in [0.4, 0.5) is 9.59 Å². The van der Waals surface area contributed by atoms with E-state index in [1.165, 1.54) is 50.9 Å². The van der Waals surface area contributed by atoms with Crippen LogP contribution in [0.3, 0.4) is 0 Å². The van der Waals surface area contributed by atoms with Crippen LogP contribution < -0.4 is 59.5 Å². The van der Waals surface area contributed by atoms with Gasteiger partial charge in [-0.05, 0) is 145 Å². The molecular formula is C42H77BLiN5NaO15. The second-order valence-electron chi connectivity index (χ2n) is 17.2. The number of hydrogen-bond donors (Lipinski definition) is 3. The van der Waals surface area contributed by atoms with E-state index in [0.29, 0.717) is 30.8 Å². The molecule has 0 unspecified atom stereocenters. The first kappa shape index (κ1) is 76.3. The third-order valence-corrected chi connectivity index (χ3v) is 8.75. The van der Waals surface area contributed by atoms with E-state index in [1.807, 2.05) is 27.7 Å². The molecule has 4 saturated carbocycles. The Hall–Kier alpha value is -2.92. The third kappa shape index (κ3) is 41.0. The summed E-state index contributed by atoms with van der Waals surface area (Å²) in [5, 5.41) is 18.4. The SMILES string of the molecule is COC(=O)[C@H](C)N.COC(=O)[C@H](C)N(CC1CC1)C(=O)OC(C)(C)C.COC(=O)[C@H](C)NCC1CC1.C[C@@H](C(=O)O)N(CC1CC1)C(=O)OC(C)(C)C.O.O=CC1CC1.[B].[C-]#N.[Li+].[Na+].[OH-]. The van der Waals surface area contributed by atoms with E-state index in [9.17, 15) is 33.6 Å². The normalized spacial score (nSPS) is 15.7. The molecule has 0 aromatic heterocycles. The van der Waals surface area contributed by atoms with E-state index < -0.39 is 53.5 Å². The van der Waals surface area contributed by atoms with Crippen molar-refractivity contribution in [3.8, 4) is 0 Å². The summed E-state index contributed by atoms with van der Waals surface area (Å²) in [5.41, 5.74) is 3.91. The summed E-state index contributed by atoms with van der Waals surface area (Å²) in [5.74, 6) is 0.217. The van der Waals surface area contributed by atoms with Gasteiger partial charge in [-0.3, -0.25) is 19.4 Å². The molecule has 0 saturated heterocycles. The summed E-state index contributed by atoms with van der Waals surface area (Å²) >= 11 is 0. The number of ether oxygens (including phenoxy) is 5. The summed E-state index contributed by atoms with van der Waals surface area (Å²) in [6.45, 7) is 24.1. The molecule has 20 nitrogen and oxygen atoms in total. The standard InChI is InChI=1S/C13H23NO4.C12H21NO4.C8H15NO2.C4H9NO2.C4H6O.CN.B.Li.Na.2H2O/c1-9(11(15)17-5)14(8-10-6-7-10)12(16)18-13(2,3)4;1-8(10(14)15)13(7-9-5-6-9)11(16)17-12(2,3)4;1-6(8(10)11-2)9-5-7-3-4-7;1-3(5)4(6)7-2;5-3-4-1-2-4;1-2;;;;;/h9-10H,6-8H2,1-5H3;8-9H,5-7H2,1-4H3,(H,14,15);6-7,9H,3-5H2,1-2H3;3H,5H2,1-2H3;3-4H,1-2H2;;;;;2*1H2/q;;;;;-1;;2*+1;;/p-1/t9-;8-;6-;3-;;;;;;;/m0000......./s1. The zero-order chi connectivity index (χ0) is 47.0. The van der Waals surface area contributed by atoms with Gasteiger partial charge in [0, 0.05) is 27.4 Å². The number of amides is 2. The molecule has 4 atom stereocenters. The molecule has 4 aliphatic rings. The molecule has 0 spiro atoms. The number of aliphatic carboxylic acids is 1. The summed E-state index contributed by atoms with van der Waals surface area (Å²) in [6.07, 6.45) is 9.26. The number of nitrogens with two attached hydrogens (primary N) is 1. The maximum atomic E-state index is 12.1. The van der Waals surface area contributed by atoms with E-state index in [1.54, 1.807) is 34.6 Å². The van der Waals surface area contributed by atoms with Crippen molar-refractivity contribution in [2.45, 2.75) is 156 Å². The van der Waals surface area contributed by atoms with Gasteiger partial charge in [0.25, 0.3) is 0 Å². The Balaban J connectivity index is -0.000000133. The average molecular weight is 933 g/mol. The zero-order valence-electron chi connectivity index (χ0n) is 41.8. The molecular weight excluding hydrogens is 855 g/mol. The average Bonchev–Trinajstić information content (AvgIpc) is 3.99. The van der Waals surface area contributed by atoms with Crippen molar-refractivity contribution in [2.24, 2.45) is 29.4 Å². The number of carboxylic acid groups (broad SMARTS) is 1. The van der Waals surface area contributed by atoms with Crippen LogP contribution in [-0.4, -0.2) is 153 Å². The molecule has 7 N–H and O–H groups in total. The number of carbonyl (C=O) groups excluding carboxylic acids is 6. The smallest absolute Gasteiger partial charge is 0.870 e. The Morgan fingerprint density at radius 2 is 1.05 bits per heavy atom. The fourth-order valence-corrected chi connectivity index (χ4v) is 4.35. The van der Waals surface area contributed by atoms with Gasteiger partial charge in [-0.2, -0.15) is 0 Å². The number of nitrogens with one attached hydrogen (secondary N) is 1. The maximum Gasteiger partial charge on any atom is 1.00 e. The molecule has 0 aromatic carbocycles. The first-order valence-electron chi connectivity index (χ1n) is 20.4.